The predicted octanol–water partition coefficient (Wildman–Crippen LogP) is -0.236. The number of carboxylic acid groups (broad SMARTS) is 1. The molecule has 6 heteroatoms. The fourth-order valence-electron chi connectivity index (χ4n) is 2.29. The zero-order chi connectivity index (χ0) is 13.9. The summed E-state index contributed by atoms with van der Waals surface area (Å²) in [6.07, 6.45) is 1.59. The maximum atomic E-state index is 12.1. The summed E-state index contributed by atoms with van der Waals surface area (Å²) in [6.45, 7) is 4.57. The lowest BCUT2D eigenvalue weighted by molar-refractivity contribution is -0.148. The molecule has 0 bridgehead atoms. The standard InChI is InChI=1S/C12H23N3O3/c1-8(2)6-9(13)10(16)15-5-3-4-12(14,7-15)11(17)18/h8-9H,3-7,13-14H2,1-2H3,(H,17,18)/t9-,12+/m0/s1. The van der Waals surface area contributed by atoms with E-state index in [0.29, 0.717) is 31.7 Å². The zero-order valence-corrected chi connectivity index (χ0v) is 11.1. The van der Waals surface area contributed by atoms with E-state index in [1.807, 2.05) is 13.8 Å². The number of amides is 1. The van der Waals surface area contributed by atoms with Gasteiger partial charge in [0.05, 0.1) is 6.04 Å². The van der Waals surface area contributed by atoms with Gasteiger partial charge in [-0.15, -0.1) is 0 Å². The highest BCUT2D eigenvalue weighted by molar-refractivity contribution is 5.84. The first-order valence-corrected chi connectivity index (χ1v) is 6.33. The molecule has 0 saturated carbocycles. The zero-order valence-electron chi connectivity index (χ0n) is 11.1. The number of nitrogens with two attached hydrogens (primary N) is 2. The van der Waals surface area contributed by atoms with Gasteiger partial charge in [0.1, 0.15) is 5.54 Å². The number of hydrogen-bond acceptors (Lipinski definition) is 4. The van der Waals surface area contributed by atoms with Gasteiger partial charge in [0.2, 0.25) is 5.91 Å². The highest BCUT2D eigenvalue weighted by Crippen LogP contribution is 2.20. The van der Waals surface area contributed by atoms with Crippen LogP contribution in [0.3, 0.4) is 0 Å². The van der Waals surface area contributed by atoms with Crippen LogP contribution in [0.5, 0.6) is 0 Å². The summed E-state index contributed by atoms with van der Waals surface area (Å²) in [6, 6.07) is -0.568. The molecule has 18 heavy (non-hydrogen) atoms. The van der Waals surface area contributed by atoms with Gasteiger partial charge in [-0.2, -0.15) is 0 Å². The third-order valence-corrected chi connectivity index (χ3v) is 3.30. The van der Waals surface area contributed by atoms with Gasteiger partial charge >= 0.3 is 5.97 Å². The molecule has 0 spiro atoms. The number of nitrogens with zero attached hydrogens (tertiary/aromatic N) is 1. The fraction of sp³-hybridized carbons (Fsp3) is 0.833. The van der Waals surface area contributed by atoms with E-state index < -0.39 is 17.6 Å². The van der Waals surface area contributed by atoms with Gasteiger partial charge in [0, 0.05) is 13.1 Å². The number of carboxylic acids is 1. The van der Waals surface area contributed by atoms with Crippen molar-refractivity contribution in [3.05, 3.63) is 0 Å². The molecule has 1 aliphatic heterocycles. The van der Waals surface area contributed by atoms with Gasteiger partial charge < -0.3 is 21.5 Å². The van der Waals surface area contributed by atoms with Gasteiger partial charge in [-0.05, 0) is 25.2 Å². The highest BCUT2D eigenvalue weighted by Gasteiger charge is 2.40. The molecule has 1 amide bonds. The van der Waals surface area contributed by atoms with Crippen molar-refractivity contribution in [3.8, 4) is 0 Å². The van der Waals surface area contributed by atoms with Gasteiger partial charge in [0.25, 0.3) is 0 Å². The number of piperidine rings is 1. The lowest BCUT2D eigenvalue weighted by Gasteiger charge is -2.38. The molecule has 0 aromatic heterocycles. The van der Waals surface area contributed by atoms with Gasteiger partial charge in [-0.25, -0.2) is 0 Å². The summed E-state index contributed by atoms with van der Waals surface area (Å²) >= 11 is 0. The van der Waals surface area contributed by atoms with Crippen LogP contribution < -0.4 is 11.5 Å². The SMILES string of the molecule is CC(C)C[C@H](N)C(=O)N1CCC[C@](N)(C(=O)O)C1. The van der Waals surface area contributed by atoms with E-state index in [9.17, 15) is 9.59 Å². The summed E-state index contributed by atoms with van der Waals surface area (Å²) in [7, 11) is 0. The molecule has 1 saturated heterocycles. The molecular weight excluding hydrogens is 234 g/mol. The summed E-state index contributed by atoms with van der Waals surface area (Å²) < 4.78 is 0. The lowest BCUT2D eigenvalue weighted by Crippen LogP contribution is -2.62. The van der Waals surface area contributed by atoms with Crippen LogP contribution in [0.4, 0.5) is 0 Å². The van der Waals surface area contributed by atoms with Crippen LogP contribution in [0.1, 0.15) is 33.1 Å². The van der Waals surface area contributed by atoms with Crippen molar-refractivity contribution in [1.29, 1.82) is 0 Å². The van der Waals surface area contributed by atoms with Crippen molar-refractivity contribution in [3.63, 3.8) is 0 Å². The average molecular weight is 257 g/mol. The first-order chi connectivity index (χ1) is 8.26. The maximum absolute atomic E-state index is 12.1. The molecule has 5 N–H and O–H groups in total. The monoisotopic (exact) mass is 257 g/mol. The van der Waals surface area contributed by atoms with Crippen LogP contribution in [0, 0.1) is 5.92 Å². The summed E-state index contributed by atoms with van der Waals surface area (Å²) in [5.74, 6) is -0.923. The lowest BCUT2D eigenvalue weighted by atomic mass is 9.89. The van der Waals surface area contributed by atoms with E-state index >= 15 is 0 Å². The average Bonchev–Trinajstić information content (AvgIpc) is 2.27. The number of carbonyl (C=O) groups is 2. The second kappa shape index (κ2) is 5.67. The van der Waals surface area contributed by atoms with Crippen molar-refractivity contribution in [1.82, 2.24) is 4.90 Å². The summed E-state index contributed by atoms with van der Waals surface area (Å²) in [5.41, 5.74) is 10.3. The Balaban J connectivity index is 2.66. The molecule has 1 aliphatic rings. The van der Waals surface area contributed by atoms with Gasteiger partial charge in [-0.1, -0.05) is 13.8 Å². The summed E-state index contributed by atoms with van der Waals surface area (Å²) in [5, 5.41) is 9.09. The van der Waals surface area contributed by atoms with Crippen molar-refractivity contribution in [2.75, 3.05) is 13.1 Å². The van der Waals surface area contributed by atoms with E-state index in [-0.39, 0.29) is 12.5 Å². The quantitative estimate of drug-likeness (QED) is 0.644. The molecule has 0 unspecified atom stereocenters. The summed E-state index contributed by atoms with van der Waals surface area (Å²) in [4.78, 5) is 24.7. The number of aliphatic carboxylic acids is 1. The number of hydrogen-bond donors (Lipinski definition) is 3. The smallest absolute Gasteiger partial charge is 0.325 e. The van der Waals surface area contributed by atoms with Crippen LogP contribution in [0.2, 0.25) is 0 Å². The number of carbonyl (C=O) groups excluding carboxylic acids is 1. The van der Waals surface area contributed by atoms with E-state index in [2.05, 4.69) is 0 Å². The van der Waals surface area contributed by atoms with Gasteiger partial charge in [-0.3, -0.25) is 9.59 Å². The van der Waals surface area contributed by atoms with Crippen molar-refractivity contribution in [2.45, 2.75) is 44.7 Å². The minimum Gasteiger partial charge on any atom is -0.480 e. The normalized spacial score (nSPS) is 26.2. The molecule has 6 nitrogen and oxygen atoms in total. The second-order valence-electron chi connectivity index (χ2n) is 5.56. The third kappa shape index (κ3) is 3.43. The molecule has 0 aliphatic carbocycles. The second-order valence-corrected chi connectivity index (χ2v) is 5.56. The van der Waals surface area contributed by atoms with E-state index in [1.54, 1.807) is 0 Å². The van der Waals surface area contributed by atoms with Crippen LogP contribution >= 0.6 is 0 Å². The first-order valence-electron chi connectivity index (χ1n) is 6.33. The first kappa shape index (κ1) is 14.9. The van der Waals surface area contributed by atoms with Crippen molar-refractivity contribution >= 4 is 11.9 Å². The maximum Gasteiger partial charge on any atom is 0.325 e. The molecule has 104 valence electrons. The van der Waals surface area contributed by atoms with Crippen molar-refractivity contribution < 1.29 is 14.7 Å². The Bertz CT molecular complexity index is 333. The molecule has 1 fully saturated rings. The molecular formula is C12H23N3O3. The number of likely N-dealkylation sites (tertiary alicyclic amines) is 1. The van der Waals surface area contributed by atoms with Crippen molar-refractivity contribution in [2.24, 2.45) is 17.4 Å². The molecule has 0 radical (unpaired) electrons. The minimum absolute atomic E-state index is 0.0486. The highest BCUT2D eigenvalue weighted by atomic mass is 16.4. The predicted molar refractivity (Wildman–Crippen MR) is 67.8 cm³/mol. The Morgan fingerprint density at radius 2 is 2.06 bits per heavy atom. The molecule has 2 atom stereocenters. The molecule has 1 rings (SSSR count). The van der Waals surface area contributed by atoms with Crippen LogP contribution in [-0.4, -0.2) is 46.6 Å². The van der Waals surface area contributed by atoms with E-state index in [0.717, 1.165) is 0 Å². The fourth-order valence-corrected chi connectivity index (χ4v) is 2.29. The van der Waals surface area contributed by atoms with Crippen LogP contribution in [0.15, 0.2) is 0 Å². The Kier molecular flexibility index (Phi) is 4.70. The topological polar surface area (TPSA) is 110 Å². The van der Waals surface area contributed by atoms with Crippen LogP contribution in [0.25, 0.3) is 0 Å². The Morgan fingerprint density at radius 3 is 2.56 bits per heavy atom. The van der Waals surface area contributed by atoms with Gasteiger partial charge in [0.15, 0.2) is 0 Å². The molecule has 0 aromatic rings. The largest absolute Gasteiger partial charge is 0.480 e. The Labute approximate surface area is 107 Å². The Hall–Kier alpha value is -1.14. The molecule has 0 aromatic carbocycles. The molecule has 1 heterocycles. The van der Waals surface area contributed by atoms with E-state index in [4.69, 9.17) is 16.6 Å². The van der Waals surface area contributed by atoms with Crippen LogP contribution in [-0.2, 0) is 9.59 Å². The number of rotatable bonds is 4. The Morgan fingerprint density at radius 1 is 1.44 bits per heavy atom. The third-order valence-electron chi connectivity index (χ3n) is 3.30. The minimum atomic E-state index is -1.33. The van der Waals surface area contributed by atoms with E-state index in [1.165, 1.54) is 4.90 Å².